The average Bonchev–Trinajstić information content (AvgIpc) is 2.62. The highest BCUT2D eigenvalue weighted by Gasteiger charge is 2.43. The van der Waals surface area contributed by atoms with E-state index >= 15 is 0 Å². The van der Waals surface area contributed by atoms with Crippen molar-refractivity contribution in [3.63, 3.8) is 0 Å². The van der Waals surface area contributed by atoms with E-state index in [0.717, 1.165) is 6.92 Å². The smallest absolute Gasteiger partial charge is 0.378 e. The van der Waals surface area contributed by atoms with Crippen molar-refractivity contribution < 1.29 is 38.8 Å². The molecular formula is C13H18O8. The molecule has 0 aromatic carbocycles. The number of carbonyl (C=O) groups excluding carboxylic acids is 3. The molecule has 0 bridgehead atoms. The summed E-state index contributed by atoms with van der Waals surface area (Å²) in [6.45, 7) is 5.37. The van der Waals surface area contributed by atoms with E-state index in [4.69, 9.17) is 9.47 Å². The maximum atomic E-state index is 11.7. The number of aliphatic hydroxyl groups is 2. The molecule has 1 heterocycles. The van der Waals surface area contributed by atoms with Crippen LogP contribution in [0.1, 0.15) is 27.7 Å². The van der Waals surface area contributed by atoms with Crippen LogP contribution in [0, 0.1) is 5.41 Å². The summed E-state index contributed by atoms with van der Waals surface area (Å²) in [4.78, 5) is 33.9. The predicted octanol–water partition coefficient (Wildman–Crippen LogP) is 0.195. The van der Waals surface area contributed by atoms with Crippen LogP contribution in [0.5, 0.6) is 0 Å². The van der Waals surface area contributed by atoms with E-state index in [2.05, 4.69) is 4.74 Å². The first-order valence-electron chi connectivity index (χ1n) is 6.22. The quantitative estimate of drug-likeness (QED) is 0.558. The SMILES string of the molecule is CC(=O)OC[C@H](O)[C@H]1OC(=O)C(OC(=O)C(C)(C)C)=C1O. The van der Waals surface area contributed by atoms with Gasteiger partial charge in [0.1, 0.15) is 12.7 Å². The fraction of sp³-hybridized carbons (Fsp3) is 0.615. The van der Waals surface area contributed by atoms with Crippen LogP contribution in [0.15, 0.2) is 11.5 Å². The number of cyclic esters (lactones) is 1. The lowest BCUT2D eigenvalue weighted by Gasteiger charge is -2.16. The highest BCUT2D eigenvalue weighted by atomic mass is 16.6. The normalized spacial score (nSPS) is 20.0. The van der Waals surface area contributed by atoms with Crippen LogP contribution in [0.3, 0.4) is 0 Å². The van der Waals surface area contributed by atoms with Gasteiger partial charge in [0, 0.05) is 6.92 Å². The molecule has 1 aliphatic heterocycles. The summed E-state index contributed by atoms with van der Waals surface area (Å²) in [6.07, 6.45) is -2.91. The van der Waals surface area contributed by atoms with Gasteiger partial charge in [0.15, 0.2) is 11.9 Å². The van der Waals surface area contributed by atoms with Crippen LogP contribution in [-0.4, -0.2) is 46.9 Å². The maximum Gasteiger partial charge on any atom is 0.378 e. The highest BCUT2D eigenvalue weighted by molar-refractivity contribution is 5.93. The van der Waals surface area contributed by atoms with E-state index in [9.17, 15) is 24.6 Å². The van der Waals surface area contributed by atoms with Gasteiger partial charge in [-0.05, 0) is 20.8 Å². The molecule has 0 spiro atoms. The summed E-state index contributed by atoms with van der Waals surface area (Å²) < 4.78 is 14.1. The third-order valence-electron chi connectivity index (χ3n) is 2.54. The maximum absolute atomic E-state index is 11.7. The fourth-order valence-corrected chi connectivity index (χ4v) is 1.35. The number of rotatable bonds is 4. The molecule has 0 aliphatic carbocycles. The number of esters is 3. The third-order valence-corrected chi connectivity index (χ3v) is 2.54. The Morgan fingerprint density at radius 1 is 1.38 bits per heavy atom. The first kappa shape index (κ1) is 17.0. The molecule has 2 N–H and O–H groups in total. The molecule has 8 heteroatoms. The Kier molecular flexibility index (Phi) is 4.95. The van der Waals surface area contributed by atoms with Gasteiger partial charge in [-0.3, -0.25) is 9.59 Å². The molecule has 0 unspecified atom stereocenters. The minimum Gasteiger partial charge on any atom is -0.505 e. The topological polar surface area (TPSA) is 119 Å². The molecule has 8 nitrogen and oxygen atoms in total. The second-order valence-corrected chi connectivity index (χ2v) is 5.55. The van der Waals surface area contributed by atoms with Crippen molar-refractivity contribution in [2.24, 2.45) is 5.41 Å². The minimum absolute atomic E-state index is 0.474. The Hall–Kier alpha value is -2.09. The molecule has 1 rings (SSSR count). The second-order valence-electron chi connectivity index (χ2n) is 5.55. The van der Waals surface area contributed by atoms with Crippen molar-refractivity contribution in [2.45, 2.75) is 39.9 Å². The lowest BCUT2D eigenvalue weighted by atomic mass is 9.97. The van der Waals surface area contributed by atoms with Crippen molar-refractivity contribution in [1.82, 2.24) is 0 Å². The largest absolute Gasteiger partial charge is 0.505 e. The van der Waals surface area contributed by atoms with E-state index in [1.165, 1.54) is 0 Å². The van der Waals surface area contributed by atoms with Crippen molar-refractivity contribution in [3.8, 4) is 0 Å². The summed E-state index contributed by atoms with van der Waals surface area (Å²) in [5, 5.41) is 19.5. The number of carbonyl (C=O) groups is 3. The van der Waals surface area contributed by atoms with Crippen molar-refractivity contribution in [2.75, 3.05) is 6.61 Å². The summed E-state index contributed by atoms with van der Waals surface area (Å²) in [7, 11) is 0. The number of hydrogen-bond acceptors (Lipinski definition) is 8. The molecule has 0 saturated carbocycles. The van der Waals surface area contributed by atoms with Crippen LogP contribution in [0.2, 0.25) is 0 Å². The van der Waals surface area contributed by atoms with Gasteiger partial charge in [0.25, 0.3) is 5.76 Å². The summed E-state index contributed by atoms with van der Waals surface area (Å²) in [5.74, 6) is -3.83. The molecule has 0 saturated heterocycles. The van der Waals surface area contributed by atoms with Gasteiger partial charge in [-0.1, -0.05) is 0 Å². The van der Waals surface area contributed by atoms with E-state index in [-0.39, 0.29) is 0 Å². The van der Waals surface area contributed by atoms with E-state index in [1.807, 2.05) is 0 Å². The molecule has 21 heavy (non-hydrogen) atoms. The number of ether oxygens (including phenoxy) is 3. The van der Waals surface area contributed by atoms with Crippen LogP contribution in [0.25, 0.3) is 0 Å². The van der Waals surface area contributed by atoms with Crippen molar-refractivity contribution in [1.29, 1.82) is 0 Å². The zero-order valence-electron chi connectivity index (χ0n) is 12.2. The van der Waals surface area contributed by atoms with Crippen LogP contribution in [0.4, 0.5) is 0 Å². The zero-order chi connectivity index (χ0) is 16.4. The molecule has 0 fully saturated rings. The Morgan fingerprint density at radius 2 is 1.95 bits per heavy atom. The summed E-state index contributed by atoms with van der Waals surface area (Å²) in [5.41, 5.74) is -0.887. The van der Waals surface area contributed by atoms with Crippen LogP contribution < -0.4 is 0 Å². The fourth-order valence-electron chi connectivity index (χ4n) is 1.35. The highest BCUT2D eigenvalue weighted by Crippen LogP contribution is 2.27. The Bertz CT molecular complexity index is 485. The molecule has 0 aromatic heterocycles. The van der Waals surface area contributed by atoms with Gasteiger partial charge in [0.2, 0.25) is 0 Å². The summed E-state index contributed by atoms with van der Waals surface area (Å²) >= 11 is 0. The summed E-state index contributed by atoms with van der Waals surface area (Å²) in [6, 6.07) is 0. The van der Waals surface area contributed by atoms with Gasteiger partial charge >= 0.3 is 17.9 Å². The van der Waals surface area contributed by atoms with Crippen molar-refractivity contribution >= 4 is 17.9 Å². The molecular weight excluding hydrogens is 284 g/mol. The van der Waals surface area contributed by atoms with Crippen LogP contribution in [-0.2, 0) is 28.6 Å². The molecule has 0 aromatic rings. The second kappa shape index (κ2) is 6.13. The Balaban J connectivity index is 2.82. The predicted molar refractivity (Wildman–Crippen MR) is 67.7 cm³/mol. The van der Waals surface area contributed by atoms with Gasteiger partial charge in [-0.25, -0.2) is 4.79 Å². The van der Waals surface area contributed by atoms with E-state index < -0.39 is 53.7 Å². The lowest BCUT2D eigenvalue weighted by Crippen LogP contribution is -2.33. The van der Waals surface area contributed by atoms with Gasteiger partial charge < -0.3 is 24.4 Å². The third kappa shape index (κ3) is 4.19. The first-order chi connectivity index (χ1) is 9.54. The first-order valence-corrected chi connectivity index (χ1v) is 6.22. The Morgan fingerprint density at radius 3 is 2.43 bits per heavy atom. The average molecular weight is 302 g/mol. The lowest BCUT2D eigenvalue weighted by molar-refractivity contribution is -0.158. The Labute approximate surface area is 121 Å². The van der Waals surface area contributed by atoms with Crippen molar-refractivity contribution in [3.05, 3.63) is 11.5 Å². The minimum atomic E-state index is -1.47. The standard InChI is InChI=1S/C13H18O8/c1-6(14)19-5-7(15)9-8(16)10(11(17)20-9)21-12(18)13(2,3)4/h7,9,15-16H,5H2,1-4H3/t7-,9+/m0/s1. The van der Waals surface area contributed by atoms with E-state index in [0.29, 0.717) is 0 Å². The monoisotopic (exact) mass is 302 g/mol. The van der Waals surface area contributed by atoms with Gasteiger partial charge in [-0.15, -0.1) is 0 Å². The molecule has 2 atom stereocenters. The zero-order valence-corrected chi connectivity index (χ0v) is 12.2. The number of aliphatic hydroxyl groups excluding tert-OH is 2. The molecule has 0 radical (unpaired) electrons. The molecule has 1 aliphatic rings. The number of hydrogen-bond donors (Lipinski definition) is 2. The van der Waals surface area contributed by atoms with Crippen LogP contribution >= 0.6 is 0 Å². The van der Waals surface area contributed by atoms with Gasteiger partial charge in [0.05, 0.1) is 5.41 Å². The van der Waals surface area contributed by atoms with Gasteiger partial charge in [-0.2, -0.15) is 0 Å². The molecule has 118 valence electrons. The molecule has 0 amide bonds. The van der Waals surface area contributed by atoms with E-state index in [1.54, 1.807) is 20.8 Å².